The van der Waals surface area contributed by atoms with Crippen molar-refractivity contribution in [3.8, 4) is 55.6 Å². The van der Waals surface area contributed by atoms with E-state index in [0.717, 1.165) is 70.8 Å². The highest BCUT2D eigenvalue weighted by molar-refractivity contribution is 9.93. The minimum absolute atomic E-state index is 0. The van der Waals surface area contributed by atoms with Crippen molar-refractivity contribution in [2.45, 2.75) is 83.5 Å². The molecule has 564 valence electrons. The van der Waals surface area contributed by atoms with Gasteiger partial charge in [0.25, 0.3) is 0 Å². The number of carbonyl (C=O) groups is 2. The van der Waals surface area contributed by atoms with Crippen molar-refractivity contribution in [2.75, 3.05) is 6.61 Å². The van der Waals surface area contributed by atoms with Gasteiger partial charge in [-0.25, -0.2) is 9.59 Å². The first-order chi connectivity index (χ1) is 48.2. The molecule has 105 heavy (non-hydrogen) atoms. The molecule has 0 radical (unpaired) electrons. The number of benzene rings is 10. The Kier molecular flexibility index (Phi) is 40.4. The Balaban J connectivity index is 0.000000427. The SMILES string of the molecule is BrP(Br)Br.C.C.CC(C)COC(=O)Cl.FC(F)(F)c1cccc(-c2cccc(CBr)c2)c1.FC(F)(F)c1cccc(-c2cccc(CBr)c2)c1.O=C(O)c1cccc(-c2cccc(C(F)(F)F)c2)c1.OCc1cccc(-c2cccc(C(F)(F)F)c2)c1.OCc1cccc(-c2cccc(C(F)(F)F)c2)c1. The van der Waals surface area contributed by atoms with Gasteiger partial charge < -0.3 is 20.1 Å². The molecule has 28 heteroatoms. The van der Waals surface area contributed by atoms with E-state index in [2.05, 4.69) is 83.1 Å². The lowest BCUT2D eigenvalue weighted by Crippen LogP contribution is -2.04. The molecule has 0 amide bonds. The van der Waals surface area contributed by atoms with Crippen LogP contribution in [0.1, 0.15) is 89.1 Å². The number of rotatable bonds is 12. The Labute approximate surface area is 645 Å². The number of aliphatic hydroxyl groups is 2. The number of carboxylic acid groups (broad SMARTS) is 1. The zero-order chi connectivity index (χ0) is 76.9. The topological polar surface area (TPSA) is 104 Å². The summed E-state index contributed by atoms with van der Waals surface area (Å²) >= 11 is 21.0. The zero-order valence-corrected chi connectivity index (χ0v) is 63.2. The highest BCUT2D eigenvalue weighted by Crippen LogP contribution is 2.59. The van der Waals surface area contributed by atoms with Crippen LogP contribution in [0.25, 0.3) is 55.6 Å². The van der Waals surface area contributed by atoms with Gasteiger partial charge in [-0.15, -0.1) is 0 Å². The van der Waals surface area contributed by atoms with Crippen molar-refractivity contribution in [1.29, 1.82) is 0 Å². The number of alkyl halides is 17. The maximum Gasteiger partial charge on any atom is 0.416 e. The predicted octanol–water partition coefficient (Wildman–Crippen LogP) is 29.0. The third-order valence-electron chi connectivity index (χ3n) is 13.6. The van der Waals surface area contributed by atoms with E-state index in [0.29, 0.717) is 78.8 Å². The first-order valence-corrected chi connectivity index (χ1v) is 39.8. The van der Waals surface area contributed by atoms with E-state index in [1.54, 1.807) is 78.9 Å². The molecule has 0 aromatic heterocycles. The lowest BCUT2D eigenvalue weighted by molar-refractivity contribution is -0.138. The van der Waals surface area contributed by atoms with Gasteiger partial charge in [0.1, 0.15) is 4.03 Å². The quantitative estimate of drug-likeness (QED) is 0.0487. The Morgan fingerprint density at radius 2 is 0.571 bits per heavy atom. The summed E-state index contributed by atoms with van der Waals surface area (Å²) in [5, 5.41) is 28.2. The van der Waals surface area contributed by atoms with Crippen LogP contribution in [0.2, 0.25) is 0 Å². The van der Waals surface area contributed by atoms with Crippen molar-refractivity contribution in [1.82, 2.24) is 0 Å². The van der Waals surface area contributed by atoms with Gasteiger partial charge in [-0.05, 0) is 215 Å². The van der Waals surface area contributed by atoms with Crippen LogP contribution in [0.3, 0.4) is 0 Å². The number of carboxylic acids is 1. The average molecular weight is 1840 g/mol. The molecule has 0 fully saturated rings. The largest absolute Gasteiger partial charge is 0.478 e. The summed E-state index contributed by atoms with van der Waals surface area (Å²) in [5.41, 5.74) is 5.17. The van der Waals surface area contributed by atoms with Crippen molar-refractivity contribution in [3.63, 3.8) is 0 Å². The fourth-order valence-electron chi connectivity index (χ4n) is 8.81. The van der Waals surface area contributed by atoms with Crippen LogP contribution in [-0.4, -0.2) is 33.3 Å². The predicted molar refractivity (Wildman–Crippen MR) is 408 cm³/mol. The summed E-state index contributed by atoms with van der Waals surface area (Å²) in [4.78, 5) is 20.7. The first kappa shape index (κ1) is 94.2. The van der Waals surface area contributed by atoms with E-state index in [4.69, 9.17) is 26.9 Å². The Bertz CT molecular complexity index is 3900. The average Bonchev–Trinajstić information content (AvgIpc) is 0.661. The second kappa shape index (κ2) is 45.1. The molecular formula is C77H68Br5ClF15O6P. The molecule has 0 atom stereocenters. The minimum atomic E-state index is -4.42. The molecule has 0 heterocycles. The van der Waals surface area contributed by atoms with Gasteiger partial charge >= 0.3 is 42.3 Å². The Hall–Kier alpha value is -6.87. The smallest absolute Gasteiger partial charge is 0.416 e. The van der Waals surface area contributed by atoms with E-state index in [-0.39, 0.29) is 37.7 Å². The van der Waals surface area contributed by atoms with E-state index in [1.165, 1.54) is 66.7 Å². The van der Waals surface area contributed by atoms with Crippen molar-refractivity contribution < 1.29 is 95.5 Å². The van der Waals surface area contributed by atoms with Gasteiger partial charge in [0.15, 0.2) is 0 Å². The van der Waals surface area contributed by atoms with E-state index >= 15 is 0 Å². The molecule has 10 rings (SSSR count). The molecule has 0 saturated carbocycles. The molecule has 0 saturated heterocycles. The molecule has 6 nitrogen and oxygen atoms in total. The molecule has 3 N–H and O–H groups in total. The Morgan fingerprint density at radius 1 is 0.371 bits per heavy atom. The third-order valence-corrected chi connectivity index (χ3v) is 15.0. The number of hydrogen-bond donors (Lipinski definition) is 3. The normalized spacial score (nSPS) is 11.0. The van der Waals surface area contributed by atoms with Crippen LogP contribution >= 0.6 is 94.0 Å². The van der Waals surface area contributed by atoms with Crippen LogP contribution in [0, 0.1) is 5.92 Å². The van der Waals surface area contributed by atoms with Gasteiger partial charge in [0.05, 0.1) is 53.2 Å². The third kappa shape index (κ3) is 34.3. The number of aromatic carboxylic acids is 1. The van der Waals surface area contributed by atoms with Crippen molar-refractivity contribution in [3.05, 3.63) is 298 Å². The monoisotopic (exact) mass is 1830 g/mol. The van der Waals surface area contributed by atoms with Gasteiger partial charge in [-0.3, -0.25) is 0 Å². The molecule has 0 aliphatic heterocycles. The van der Waals surface area contributed by atoms with E-state index in [9.17, 15) is 75.4 Å². The number of aliphatic hydroxyl groups excluding tert-OH is 2. The van der Waals surface area contributed by atoms with Gasteiger partial charge in [-0.1, -0.05) is 218 Å². The number of ether oxygens (including phenoxy) is 1. The number of carbonyl (C=O) groups excluding carboxylic acids is 1. The first-order valence-electron chi connectivity index (χ1n) is 29.8. The van der Waals surface area contributed by atoms with Gasteiger partial charge in [0.2, 0.25) is 0 Å². The van der Waals surface area contributed by atoms with Crippen LogP contribution in [0.5, 0.6) is 0 Å². The lowest BCUT2D eigenvalue weighted by atomic mass is 10.0. The molecule has 0 unspecified atom stereocenters. The summed E-state index contributed by atoms with van der Waals surface area (Å²) < 4.78 is 193. The summed E-state index contributed by atoms with van der Waals surface area (Å²) in [6, 6.07) is 60.2. The van der Waals surface area contributed by atoms with Crippen LogP contribution in [0.15, 0.2) is 243 Å². The maximum absolute atomic E-state index is 12.6. The number of halogens is 21. The molecular weight excluding hydrogens is 1770 g/mol. The zero-order valence-electron chi connectivity index (χ0n) is 53.7. The lowest BCUT2D eigenvalue weighted by Gasteiger charge is -2.09. The number of hydrogen-bond acceptors (Lipinski definition) is 5. The van der Waals surface area contributed by atoms with Crippen LogP contribution < -0.4 is 0 Å². The summed E-state index contributed by atoms with van der Waals surface area (Å²) in [6.07, 6.45) is -21.7. The fourth-order valence-corrected chi connectivity index (χ4v) is 9.57. The van der Waals surface area contributed by atoms with Crippen LogP contribution in [-0.2, 0) is 59.5 Å². The molecule has 0 aliphatic rings. The van der Waals surface area contributed by atoms with Gasteiger partial charge in [-0.2, -0.15) is 65.9 Å². The highest BCUT2D eigenvalue weighted by atomic mass is 80.0. The molecule has 10 aromatic rings. The highest BCUT2D eigenvalue weighted by Gasteiger charge is 2.34. The van der Waals surface area contributed by atoms with E-state index in [1.807, 2.05) is 62.4 Å². The molecule has 0 aliphatic carbocycles. The standard InChI is InChI=1S/2C14H10BrF3.C14H9F3O2.2C14H11F3O.C5H9ClO2.2CH4.Br3P/c2*15-9-10-3-1-4-11(7-10)12-5-2-6-13(8-12)14(16,17)18;15-14(16,17)12-6-2-4-10(8-12)9-3-1-5-11(7-9)13(18)19;2*15-14(16,17)13-6-2-5-12(8-13)11-4-1-3-10(7-11)9-18;1-4(2)3-8-5(6)7;;;1-4(2)3/h2*1-8H,9H2;1-8H,(H,18,19);2*1-8,18H,9H2;4H,3H2,1-2H3;2*1H4;. The second-order valence-corrected chi connectivity index (χ2v) is 38.6. The minimum Gasteiger partial charge on any atom is -0.478 e. The summed E-state index contributed by atoms with van der Waals surface area (Å²) in [6.45, 7) is 4.03. The van der Waals surface area contributed by atoms with Crippen molar-refractivity contribution >= 4 is 105 Å². The molecule has 0 bridgehead atoms. The molecule has 10 aromatic carbocycles. The van der Waals surface area contributed by atoms with Crippen LogP contribution in [0.4, 0.5) is 70.7 Å². The fraction of sp³-hybridized carbons (Fsp3) is 0.195. The van der Waals surface area contributed by atoms with Crippen molar-refractivity contribution in [2.24, 2.45) is 5.92 Å². The van der Waals surface area contributed by atoms with Gasteiger partial charge in [0, 0.05) is 22.3 Å². The maximum atomic E-state index is 12.6. The van der Waals surface area contributed by atoms with E-state index < -0.39 is 70.1 Å². The second-order valence-electron chi connectivity index (χ2n) is 21.8. The Morgan fingerprint density at radius 3 is 0.762 bits per heavy atom. The summed E-state index contributed by atoms with van der Waals surface area (Å²) in [5.74, 6) is -0.758. The summed E-state index contributed by atoms with van der Waals surface area (Å²) in [7, 11) is 0. The molecule has 0 spiro atoms.